The number of aliphatic carboxylic acids is 1. The molecule has 2 N–H and O–H groups in total. The predicted molar refractivity (Wildman–Crippen MR) is 104 cm³/mol. The maximum atomic E-state index is 14.6. The molecular formula is C19H28BFN2O6. The zero-order chi connectivity index (χ0) is 22.2. The summed E-state index contributed by atoms with van der Waals surface area (Å²) in [5, 5.41) is 11.6. The van der Waals surface area contributed by atoms with Gasteiger partial charge in [0.1, 0.15) is 17.5 Å². The van der Waals surface area contributed by atoms with Gasteiger partial charge in [0.05, 0.1) is 16.9 Å². The minimum Gasteiger partial charge on any atom is -0.480 e. The van der Waals surface area contributed by atoms with Crippen molar-refractivity contribution in [1.82, 2.24) is 10.3 Å². The molecule has 0 spiro atoms. The molecule has 29 heavy (non-hydrogen) atoms. The number of carbonyl (C=O) groups is 2. The molecule has 1 amide bonds. The molecular weight excluding hydrogens is 382 g/mol. The van der Waals surface area contributed by atoms with E-state index in [4.69, 9.17) is 14.0 Å². The number of carbonyl (C=O) groups excluding carboxylic acids is 1. The van der Waals surface area contributed by atoms with Crippen molar-refractivity contribution in [1.29, 1.82) is 0 Å². The Bertz CT molecular complexity index is 777. The van der Waals surface area contributed by atoms with Crippen molar-refractivity contribution in [2.24, 2.45) is 0 Å². The number of ether oxygens (including phenoxy) is 1. The average Bonchev–Trinajstić information content (AvgIpc) is 2.74. The van der Waals surface area contributed by atoms with Crippen LogP contribution in [0.1, 0.15) is 54.2 Å². The highest BCUT2D eigenvalue weighted by Gasteiger charge is 2.52. The van der Waals surface area contributed by atoms with E-state index in [-0.39, 0.29) is 12.1 Å². The summed E-state index contributed by atoms with van der Waals surface area (Å²) in [5.41, 5.74) is -1.68. The standard InChI is InChI=1S/C19H28BFN2O6/c1-17(2,3)27-16(26)23-14(15(24)25)9-13-12(21)8-11(10-22-13)20-28-18(4,5)19(6,7)29-20/h8,10,14H,9H2,1-7H3,(H,23,26)(H,24,25)/t14-/m0/s1. The molecule has 0 aromatic carbocycles. The van der Waals surface area contributed by atoms with Crippen LogP contribution in [0.25, 0.3) is 0 Å². The van der Waals surface area contributed by atoms with Crippen LogP contribution >= 0.6 is 0 Å². The largest absolute Gasteiger partial charge is 0.496 e. The van der Waals surface area contributed by atoms with Crippen LogP contribution in [0, 0.1) is 5.82 Å². The molecule has 1 atom stereocenters. The van der Waals surface area contributed by atoms with Gasteiger partial charge in [-0.05, 0) is 54.5 Å². The first kappa shape index (κ1) is 23.1. The average molecular weight is 410 g/mol. The summed E-state index contributed by atoms with van der Waals surface area (Å²) in [5.74, 6) is -2.04. The monoisotopic (exact) mass is 410 g/mol. The fourth-order valence-corrected chi connectivity index (χ4v) is 2.58. The van der Waals surface area contributed by atoms with Crippen LogP contribution < -0.4 is 10.8 Å². The molecule has 1 aliphatic rings. The normalized spacial score (nSPS) is 19.0. The Labute approximate surface area is 170 Å². The van der Waals surface area contributed by atoms with Crippen molar-refractivity contribution in [2.45, 2.75) is 77.7 Å². The summed E-state index contributed by atoms with van der Waals surface area (Å²) in [6.07, 6.45) is 0.135. The Balaban J connectivity index is 2.13. The van der Waals surface area contributed by atoms with Crippen LogP contribution in [-0.4, -0.2) is 52.1 Å². The van der Waals surface area contributed by atoms with Gasteiger partial charge in [-0.15, -0.1) is 0 Å². The van der Waals surface area contributed by atoms with Crippen LogP contribution in [-0.2, 0) is 25.3 Å². The van der Waals surface area contributed by atoms with Gasteiger partial charge < -0.3 is 24.5 Å². The third-order valence-corrected chi connectivity index (χ3v) is 4.85. The minimum atomic E-state index is -1.39. The maximum Gasteiger partial charge on any atom is 0.496 e. The van der Waals surface area contributed by atoms with Crippen LogP contribution in [0.2, 0.25) is 0 Å². The van der Waals surface area contributed by atoms with Crippen LogP contribution in [0.4, 0.5) is 9.18 Å². The molecule has 8 nitrogen and oxygen atoms in total. The molecule has 1 aromatic heterocycles. The number of hydrogen-bond acceptors (Lipinski definition) is 6. The van der Waals surface area contributed by atoms with E-state index >= 15 is 0 Å². The summed E-state index contributed by atoms with van der Waals surface area (Å²) in [7, 11) is -0.786. The van der Waals surface area contributed by atoms with Crippen molar-refractivity contribution in [3.8, 4) is 0 Å². The van der Waals surface area contributed by atoms with Gasteiger partial charge in [-0.25, -0.2) is 14.0 Å². The van der Waals surface area contributed by atoms with Gasteiger partial charge in [0.25, 0.3) is 0 Å². The Morgan fingerprint density at radius 3 is 2.28 bits per heavy atom. The molecule has 0 saturated carbocycles. The molecule has 2 heterocycles. The van der Waals surface area contributed by atoms with Gasteiger partial charge in [0, 0.05) is 18.1 Å². The fraction of sp³-hybridized carbons (Fsp3) is 0.632. The Morgan fingerprint density at radius 1 is 1.28 bits per heavy atom. The number of nitrogens with one attached hydrogen (secondary N) is 1. The number of nitrogens with zero attached hydrogens (tertiary/aromatic N) is 1. The highest BCUT2D eigenvalue weighted by Crippen LogP contribution is 2.36. The lowest BCUT2D eigenvalue weighted by Crippen LogP contribution is -2.45. The van der Waals surface area contributed by atoms with E-state index in [2.05, 4.69) is 10.3 Å². The van der Waals surface area contributed by atoms with E-state index in [1.54, 1.807) is 20.8 Å². The van der Waals surface area contributed by atoms with Crippen molar-refractivity contribution in [3.63, 3.8) is 0 Å². The zero-order valence-corrected chi connectivity index (χ0v) is 17.8. The van der Waals surface area contributed by atoms with Crippen LogP contribution in [0.3, 0.4) is 0 Å². The van der Waals surface area contributed by atoms with Gasteiger partial charge in [0.2, 0.25) is 0 Å². The summed E-state index contributed by atoms with van der Waals surface area (Å²) >= 11 is 0. The summed E-state index contributed by atoms with van der Waals surface area (Å²) in [4.78, 5) is 27.4. The molecule has 1 aliphatic heterocycles. The molecule has 1 aromatic rings. The van der Waals surface area contributed by atoms with E-state index < -0.39 is 47.8 Å². The maximum absolute atomic E-state index is 14.6. The van der Waals surface area contributed by atoms with E-state index in [1.807, 2.05) is 27.7 Å². The van der Waals surface area contributed by atoms with Crippen molar-refractivity contribution < 1.29 is 33.1 Å². The summed E-state index contributed by atoms with van der Waals surface area (Å²) in [6, 6.07) is -0.189. The number of aromatic nitrogens is 1. The first-order valence-electron chi connectivity index (χ1n) is 9.33. The van der Waals surface area contributed by atoms with E-state index in [9.17, 15) is 19.1 Å². The summed E-state index contributed by atoms with van der Waals surface area (Å²) < 4.78 is 31.4. The minimum absolute atomic E-state index is 0.103. The molecule has 2 rings (SSSR count). The Morgan fingerprint density at radius 2 is 1.83 bits per heavy atom. The van der Waals surface area contributed by atoms with Crippen molar-refractivity contribution in [3.05, 3.63) is 23.8 Å². The topological polar surface area (TPSA) is 107 Å². The highest BCUT2D eigenvalue weighted by molar-refractivity contribution is 6.62. The number of alkyl carbamates (subject to hydrolysis) is 1. The molecule has 10 heteroatoms. The Kier molecular flexibility index (Phi) is 6.30. The van der Waals surface area contributed by atoms with Crippen molar-refractivity contribution in [2.75, 3.05) is 0 Å². The predicted octanol–water partition coefficient (Wildman–Crippen LogP) is 2.04. The molecule has 0 radical (unpaired) electrons. The second-order valence-electron chi connectivity index (χ2n) is 9.03. The number of carboxylic acids is 1. The lowest BCUT2D eigenvalue weighted by molar-refractivity contribution is -0.139. The van der Waals surface area contributed by atoms with E-state index in [0.717, 1.165) is 0 Å². The van der Waals surface area contributed by atoms with Crippen LogP contribution in [0.15, 0.2) is 12.3 Å². The fourth-order valence-electron chi connectivity index (χ4n) is 2.58. The SMILES string of the molecule is CC(C)(C)OC(=O)N[C@@H](Cc1ncc(B2OC(C)(C)C(C)(C)O2)cc1F)C(=O)O. The number of halogens is 1. The second kappa shape index (κ2) is 7.91. The third kappa shape index (κ3) is 5.67. The lowest BCUT2D eigenvalue weighted by Gasteiger charge is -2.32. The van der Waals surface area contributed by atoms with Crippen molar-refractivity contribution >= 4 is 24.6 Å². The summed E-state index contributed by atoms with van der Waals surface area (Å²) in [6.45, 7) is 12.5. The highest BCUT2D eigenvalue weighted by atomic mass is 19.1. The molecule has 0 bridgehead atoms. The first-order valence-corrected chi connectivity index (χ1v) is 9.33. The van der Waals surface area contributed by atoms with E-state index in [0.29, 0.717) is 5.46 Å². The molecule has 1 saturated heterocycles. The van der Waals surface area contributed by atoms with Gasteiger partial charge in [-0.1, -0.05) is 0 Å². The molecule has 160 valence electrons. The number of rotatable bonds is 5. The molecule has 0 aliphatic carbocycles. The number of hydrogen-bond donors (Lipinski definition) is 2. The quantitative estimate of drug-likeness (QED) is 0.716. The van der Waals surface area contributed by atoms with Crippen LogP contribution in [0.5, 0.6) is 0 Å². The Hall–Kier alpha value is -2.20. The van der Waals surface area contributed by atoms with Gasteiger partial charge >= 0.3 is 19.2 Å². The molecule has 1 fully saturated rings. The van der Waals surface area contributed by atoms with Gasteiger partial charge in [-0.2, -0.15) is 0 Å². The smallest absolute Gasteiger partial charge is 0.480 e. The zero-order valence-electron chi connectivity index (χ0n) is 17.8. The van der Waals surface area contributed by atoms with E-state index in [1.165, 1.54) is 12.3 Å². The van der Waals surface area contributed by atoms with Gasteiger partial charge in [0.15, 0.2) is 0 Å². The van der Waals surface area contributed by atoms with Gasteiger partial charge in [-0.3, -0.25) is 4.98 Å². The number of pyridine rings is 1. The third-order valence-electron chi connectivity index (χ3n) is 4.85. The molecule has 0 unspecified atom stereocenters. The lowest BCUT2D eigenvalue weighted by atomic mass is 9.80. The second-order valence-corrected chi connectivity index (χ2v) is 9.03. The number of amides is 1. The number of carboxylic acid groups (broad SMARTS) is 1. The first-order chi connectivity index (χ1) is 13.1.